The fraction of sp³-hybridized carbons (Fsp3) is 0.909. The zero-order valence-electron chi connectivity index (χ0n) is 10.0. The maximum absolute atomic E-state index is 11.6. The van der Waals surface area contributed by atoms with Crippen molar-refractivity contribution in [3.63, 3.8) is 0 Å². The normalized spacial score (nSPS) is 27.1. The Bertz CT molecular complexity index is 228. The average molecular weight is 215 g/mol. The smallest absolute Gasteiger partial charge is 0.249 e. The van der Waals surface area contributed by atoms with Crippen molar-refractivity contribution in [2.75, 3.05) is 13.7 Å². The molecule has 0 radical (unpaired) electrons. The summed E-state index contributed by atoms with van der Waals surface area (Å²) in [4.78, 5) is 11.6. The molecule has 2 unspecified atom stereocenters. The van der Waals surface area contributed by atoms with Gasteiger partial charge in [-0.1, -0.05) is 0 Å². The van der Waals surface area contributed by atoms with Gasteiger partial charge in [0.05, 0.1) is 5.60 Å². The van der Waals surface area contributed by atoms with Crippen molar-refractivity contribution in [1.82, 2.24) is 5.32 Å². The van der Waals surface area contributed by atoms with Crippen LogP contribution in [0.25, 0.3) is 0 Å². The number of hydrogen-bond donors (Lipinski definition) is 1. The third-order valence-electron chi connectivity index (χ3n) is 2.77. The van der Waals surface area contributed by atoms with Gasteiger partial charge in [-0.3, -0.25) is 4.79 Å². The minimum absolute atomic E-state index is 0.0415. The molecule has 0 aromatic heterocycles. The number of hydrogen-bond acceptors (Lipinski definition) is 3. The molecule has 0 aromatic carbocycles. The maximum Gasteiger partial charge on any atom is 0.249 e. The molecule has 15 heavy (non-hydrogen) atoms. The van der Waals surface area contributed by atoms with Gasteiger partial charge in [-0.05, 0) is 33.6 Å². The van der Waals surface area contributed by atoms with Crippen molar-refractivity contribution in [2.24, 2.45) is 0 Å². The van der Waals surface area contributed by atoms with E-state index in [1.807, 2.05) is 13.8 Å². The lowest BCUT2D eigenvalue weighted by Crippen LogP contribution is -2.48. The predicted molar refractivity (Wildman–Crippen MR) is 57.7 cm³/mol. The number of amides is 1. The summed E-state index contributed by atoms with van der Waals surface area (Å²) >= 11 is 0. The number of methoxy groups -OCH3 is 1. The molecule has 1 rings (SSSR count). The molecule has 0 bridgehead atoms. The van der Waals surface area contributed by atoms with Gasteiger partial charge in [0.1, 0.15) is 6.10 Å². The molecule has 0 spiro atoms. The van der Waals surface area contributed by atoms with Crippen LogP contribution in [0, 0.1) is 0 Å². The zero-order valence-corrected chi connectivity index (χ0v) is 10.0. The van der Waals surface area contributed by atoms with Gasteiger partial charge in [0.15, 0.2) is 0 Å². The van der Waals surface area contributed by atoms with Crippen molar-refractivity contribution >= 4 is 5.91 Å². The predicted octanol–water partition coefficient (Wildman–Crippen LogP) is 1.10. The van der Waals surface area contributed by atoms with E-state index in [2.05, 4.69) is 5.32 Å². The van der Waals surface area contributed by atoms with Crippen LogP contribution in [0.15, 0.2) is 0 Å². The SMILES string of the molecule is COC(C)C(=O)NC1CCOC(C)(C)C1. The molecule has 0 aromatic rings. The molecule has 1 N–H and O–H groups in total. The lowest BCUT2D eigenvalue weighted by molar-refractivity contribution is -0.132. The minimum Gasteiger partial charge on any atom is -0.375 e. The second-order valence-corrected chi connectivity index (χ2v) is 4.68. The molecule has 1 aliphatic rings. The third-order valence-corrected chi connectivity index (χ3v) is 2.77. The van der Waals surface area contributed by atoms with Crippen molar-refractivity contribution in [2.45, 2.75) is 51.4 Å². The van der Waals surface area contributed by atoms with Crippen molar-refractivity contribution in [3.8, 4) is 0 Å². The Morgan fingerprint density at radius 2 is 2.27 bits per heavy atom. The Balaban J connectivity index is 2.41. The Hall–Kier alpha value is -0.610. The summed E-state index contributed by atoms with van der Waals surface area (Å²) in [5.74, 6) is -0.0415. The number of rotatable bonds is 3. The Labute approximate surface area is 91.3 Å². The van der Waals surface area contributed by atoms with Crippen LogP contribution in [-0.4, -0.2) is 37.4 Å². The average Bonchev–Trinajstić information content (AvgIpc) is 2.14. The minimum atomic E-state index is -0.379. The standard InChI is InChI=1S/C11H21NO3/c1-8(14-4)10(13)12-9-5-6-15-11(2,3)7-9/h8-9H,5-7H2,1-4H3,(H,12,13). The van der Waals surface area contributed by atoms with Crippen LogP contribution in [0.1, 0.15) is 33.6 Å². The van der Waals surface area contributed by atoms with Crippen LogP contribution in [0.3, 0.4) is 0 Å². The number of carbonyl (C=O) groups excluding carboxylic acids is 1. The first-order valence-electron chi connectivity index (χ1n) is 5.42. The summed E-state index contributed by atoms with van der Waals surface area (Å²) in [5, 5.41) is 2.98. The van der Waals surface area contributed by atoms with Crippen LogP contribution >= 0.6 is 0 Å². The third kappa shape index (κ3) is 3.80. The van der Waals surface area contributed by atoms with E-state index >= 15 is 0 Å². The number of carbonyl (C=O) groups is 1. The highest BCUT2D eigenvalue weighted by Crippen LogP contribution is 2.23. The Morgan fingerprint density at radius 3 is 2.80 bits per heavy atom. The first-order valence-corrected chi connectivity index (χ1v) is 5.42. The number of nitrogens with one attached hydrogen (secondary N) is 1. The summed E-state index contributed by atoms with van der Waals surface area (Å²) in [7, 11) is 1.54. The van der Waals surface area contributed by atoms with Crippen molar-refractivity contribution in [1.29, 1.82) is 0 Å². The van der Waals surface area contributed by atoms with E-state index < -0.39 is 0 Å². The lowest BCUT2D eigenvalue weighted by Gasteiger charge is -2.36. The van der Waals surface area contributed by atoms with E-state index in [0.717, 1.165) is 12.8 Å². The van der Waals surface area contributed by atoms with Gasteiger partial charge in [-0.2, -0.15) is 0 Å². The molecular formula is C11H21NO3. The zero-order chi connectivity index (χ0) is 11.5. The largest absolute Gasteiger partial charge is 0.375 e. The second-order valence-electron chi connectivity index (χ2n) is 4.68. The van der Waals surface area contributed by atoms with Gasteiger partial charge in [0.25, 0.3) is 0 Å². The van der Waals surface area contributed by atoms with E-state index in [9.17, 15) is 4.79 Å². The molecule has 4 heteroatoms. The summed E-state index contributed by atoms with van der Waals surface area (Å²) in [5.41, 5.74) is -0.132. The summed E-state index contributed by atoms with van der Waals surface area (Å²) < 4.78 is 10.5. The van der Waals surface area contributed by atoms with Crippen LogP contribution in [0.4, 0.5) is 0 Å². The van der Waals surface area contributed by atoms with Gasteiger partial charge < -0.3 is 14.8 Å². The van der Waals surface area contributed by atoms with Crippen molar-refractivity contribution < 1.29 is 14.3 Å². The van der Waals surface area contributed by atoms with Crippen LogP contribution in [-0.2, 0) is 14.3 Å². The van der Waals surface area contributed by atoms with E-state index in [0.29, 0.717) is 6.61 Å². The van der Waals surface area contributed by atoms with Gasteiger partial charge in [0, 0.05) is 19.8 Å². The van der Waals surface area contributed by atoms with E-state index in [1.54, 1.807) is 6.92 Å². The summed E-state index contributed by atoms with van der Waals surface area (Å²) in [6, 6.07) is 0.207. The Kier molecular flexibility index (Phi) is 4.11. The first-order chi connectivity index (χ1) is 6.94. The molecule has 1 heterocycles. The van der Waals surface area contributed by atoms with Gasteiger partial charge >= 0.3 is 0 Å². The van der Waals surface area contributed by atoms with E-state index in [4.69, 9.17) is 9.47 Å². The first kappa shape index (κ1) is 12.5. The topological polar surface area (TPSA) is 47.6 Å². The van der Waals surface area contributed by atoms with Crippen molar-refractivity contribution in [3.05, 3.63) is 0 Å². The van der Waals surface area contributed by atoms with Gasteiger partial charge in [-0.25, -0.2) is 0 Å². The fourth-order valence-electron chi connectivity index (χ4n) is 1.78. The molecule has 1 saturated heterocycles. The monoisotopic (exact) mass is 215 g/mol. The molecular weight excluding hydrogens is 194 g/mol. The molecule has 1 fully saturated rings. The highest BCUT2D eigenvalue weighted by molar-refractivity contribution is 5.80. The van der Waals surface area contributed by atoms with Gasteiger partial charge in [-0.15, -0.1) is 0 Å². The molecule has 0 aliphatic carbocycles. The molecule has 4 nitrogen and oxygen atoms in total. The molecule has 88 valence electrons. The highest BCUT2D eigenvalue weighted by atomic mass is 16.5. The van der Waals surface area contributed by atoms with E-state index in [-0.39, 0.29) is 23.7 Å². The maximum atomic E-state index is 11.6. The summed E-state index contributed by atoms with van der Waals surface area (Å²) in [6.07, 6.45) is 1.36. The molecule has 1 aliphatic heterocycles. The number of ether oxygens (including phenoxy) is 2. The molecule has 0 saturated carbocycles. The van der Waals surface area contributed by atoms with Crippen LogP contribution in [0.5, 0.6) is 0 Å². The Morgan fingerprint density at radius 1 is 1.60 bits per heavy atom. The van der Waals surface area contributed by atoms with E-state index in [1.165, 1.54) is 7.11 Å². The summed E-state index contributed by atoms with van der Waals surface area (Å²) in [6.45, 7) is 6.55. The lowest BCUT2D eigenvalue weighted by atomic mass is 9.94. The fourth-order valence-corrected chi connectivity index (χ4v) is 1.78. The quantitative estimate of drug-likeness (QED) is 0.766. The highest BCUT2D eigenvalue weighted by Gasteiger charge is 2.30. The molecule has 2 atom stereocenters. The van der Waals surface area contributed by atoms with Crippen LogP contribution < -0.4 is 5.32 Å². The second kappa shape index (κ2) is 4.94. The van der Waals surface area contributed by atoms with Crippen LogP contribution in [0.2, 0.25) is 0 Å². The van der Waals surface area contributed by atoms with Gasteiger partial charge in [0.2, 0.25) is 5.91 Å². The molecule has 1 amide bonds.